The Labute approximate surface area is 146 Å². The summed E-state index contributed by atoms with van der Waals surface area (Å²) >= 11 is 23.0. The fourth-order valence-electron chi connectivity index (χ4n) is 1.68. The zero-order valence-corrected chi connectivity index (χ0v) is 14.5. The lowest BCUT2D eigenvalue weighted by atomic mass is 10.2. The molecule has 2 N–H and O–H groups in total. The van der Waals surface area contributed by atoms with Crippen molar-refractivity contribution in [2.75, 3.05) is 4.72 Å². The number of nitrogens with one attached hydrogen (secondary N) is 2. The van der Waals surface area contributed by atoms with Gasteiger partial charge in [-0.1, -0.05) is 46.4 Å². The average Bonchev–Trinajstić information content (AvgIpc) is 2.33. The summed E-state index contributed by atoms with van der Waals surface area (Å²) in [4.78, 5) is 13.9. The van der Waals surface area contributed by atoms with E-state index in [0.717, 1.165) is 6.07 Å². The first-order valence-electron chi connectivity index (χ1n) is 5.70. The van der Waals surface area contributed by atoms with E-state index in [0.29, 0.717) is 15.6 Å². The molecule has 0 amide bonds. The fraction of sp³-hybridized carbons (Fsp3) is 0.0833. The Kier molecular flexibility index (Phi) is 5.29. The van der Waals surface area contributed by atoms with Crippen molar-refractivity contribution in [3.8, 4) is 0 Å². The molecule has 0 radical (unpaired) electrons. The van der Waals surface area contributed by atoms with E-state index in [1.165, 1.54) is 18.2 Å². The molecule has 0 fully saturated rings. The van der Waals surface area contributed by atoms with Crippen LogP contribution < -0.4 is 10.3 Å². The Morgan fingerprint density at radius 1 is 1.00 bits per heavy atom. The topological polar surface area (TPSA) is 79.0 Å². The average molecular weight is 402 g/mol. The molecule has 0 aliphatic rings. The minimum atomic E-state index is -3.86. The number of anilines is 1. The number of hydrogen-bond donors (Lipinski definition) is 2. The molecule has 10 heteroatoms. The second-order valence-electron chi connectivity index (χ2n) is 4.31. The predicted molar refractivity (Wildman–Crippen MR) is 89.8 cm³/mol. The Bertz CT molecular complexity index is 860. The monoisotopic (exact) mass is 400 g/mol. The Hall–Kier alpha value is -0.920. The van der Waals surface area contributed by atoms with Crippen molar-refractivity contribution >= 4 is 62.1 Å². The van der Waals surface area contributed by atoms with Gasteiger partial charge in [-0.3, -0.25) is 9.52 Å². The largest absolute Gasteiger partial charge is 0.310 e. The molecule has 22 heavy (non-hydrogen) atoms. The van der Waals surface area contributed by atoms with Gasteiger partial charge in [0.05, 0.1) is 10.8 Å². The molecule has 0 aliphatic heterocycles. The molecule has 1 heterocycles. The van der Waals surface area contributed by atoms with Crippen LogP contribution in [-0.4, -0.2) is 13.4 Å². The Balaban J connectivity index is 2.28. The quantitative estimate of drug-likeness (QED) is 0.761. The second kappa shape index (κ2) is 6.68. The van der Waals surface area contributed by atoms with E-state index in [9.17, 15) is 13.2 Å². The first kappa shape index (κ1) is 17.4. The van der Waals surface area contributed by atoms with Gasteiger partial charge < -0.3 is 4.98 Å². The number of pyridine rings is 1. The third-order valence-electron chi connectivity index (χ3n) is 2.49. The maximum Gasteiger partial charge on any atom is 0.273 e. The van der Waals surface area contributed by atoms with Gasteiger partial charge in [-0.15, -0.1) is 0 Å². The maximum atomic E-state index is 12.1. The van der Waals surface area contributed by atoms with Gasteiger partial charge in [0.15, 0.2) is 0 Å². The van der Waals surface area contributed by atoms with Crippen molar-refractivity contribution in [2.24, 2.45) is 0 Å². The molecule has 0 saturated carbocycles. The van der Waals surface area contributed by atoms with Crippen LogP contribution in [-0.2, 0) is 15.8 Å². The highest BCUT2D eigenvalue weighted by Gasteiger charge is 2.16. The third kappa shape index (κ3) is 4.54. The van der Waals surface area contributed by atoms with Crippen molar-refractivity contribution in [1.29, 1.82) is 0 Å². The molecule has 5 nitrogen and oxygen atoms in total. The lowest BCUT2D eigenvalue weighted by Gasteiger charge is -2.09. The van der Waals surface area contributed by atoms with Gasteiger partial charge in [0.2, 0.25) is 10.0 Å². The molecule has 2 aromatic rings. The number of aromatic nitrogens is 1. The molecule has 0 bridgehead atoms. The van der Waals surface area contributed by atoms with Crippen molar-refractivity contribution in [3.05, 3.63) is 60.4 Å². The highest BCUT2D eigenvalue weighted by Crippen LogP contribution is 2.23. The third-order valence-corrected chi connectivity index (χ3v) is 4.87. The predicted octanol–water partition coefficient (Wildman–Crippen LogP) is 3.93. The lowest BCUT2D eigenvalue weighted by molar-refractivity contribution is 0.600. The van der Waals surface area contributed by atoms with Crippen LogP contribution in [0.2, 0.25) is 20.2 Å². The molecule has 0 spiro atoms. The van der Waals surface area contributed by atoms with Crippen LogP contribution in [0.25, 0.3) is 0 Å². The number of benzene rings is 1. The van der Waals surface area contributed by atoms with Crippen molar-refractivity contribution in [3.63, 3.8) is 0 Å². The van der Waals surface area contributed by atoms with Crippen molar-refractivity contribution in [2.45, 2.75) is 5.75 Å². The fourth-order valence-corrected chi connectivity index (χ4v) is 3.71. The van der Waals surface area contributed by atoms with E-state index in [1.54, 1.807) is 0 Å². The summed E-state index contributed by atoms with van der Waals surface area (Å²) in [6, 6.07) is 5.54. The lowest BCUT2D eigenvalue weighted by Crippen LogP contribution is -2.21. The van der Waals surface area contributed by atoms with Crippen LogP contribution in [0.5, 0.6) is 0 Å². The van der Waals surface area contributed by atoms with Gasteiger partial charge >= 0.3 is 0 Å². The summed E-state index contributed by atoms with van der Waals surface area (Å²) in [7, 11) is -3.86. The number of halogens is 4. The minimum Gasteiger partial charge on any atom is -0.310 e. The molecule has 1 aromatic heterocycles. The van der Waals surface area contributed by atoms with Crippen molar-refractivity contribution < 1.29 is 8.42 Å². The molecule has 0 saturated heterocycles. The van der Waals surface area contributed by atoms with E-state index in [1.807, 2.05) is 0 Å². The van der Waals surface area contributed by atoms with Crippen LogP contribution in [0.3, 0.4) is 0 Å². The van der Waals surface area contributed by atoms with Crippen LogP contribution in [0.4, 0.5) is 5.69 Å². The summed E-state index contributed by atoms with van der Waals surface area (Å²) in [6.07, 6.45) is 0. The van der Waals surface area contributed by atoms with Gasteiger partial charge in [0.1, 0.15) is 10.8 Å². The summed E-state index contributed by atoms with van der Waals surface area (Å²) in [5.41, 5.74) is -0.564. The molecule has 0 aliphatic carbocycles. The number of rotatable bonds is 4. The zero-order chi connectivity index (χ0) is 16.5. The SMILES string of the molecule is O=c1[nH]c(Cl)c(Cl)cc1NS(=O)(=O)Cc1cc(Cl)cc(Cl)c1. The van der Waals surface area contributed by atoms with E-state index >= 15 is 0 Å². The Morgan fingerprint density at radius 3 is 2.18 bits per heavy atom. The molecular weight excluding hydrogens is 394 g/mol. The minimum absolute atomic E-state index is 0.0183. The summed E-state index contributed by atoms with van der Waals surface area (Å²) in [5, 5.41) is 0.566. The molecule has 0 atom stereocenters. The van der Waals surface area contributed by atoms with E-state index < -0.39 is 21.3 Å². The van der Waals surface area contributed by atoms with Gasteiger partial charge in [-0.05, 0) is 29.8 Å². The van der Waals surface area contributed by atoms with Crippen LogP contribution in [0, 0.1) is 0 Å². The van der Waals surface area contributed by atoms with E-state index in [-0.39, 0.29) is 15.9 Å². The maximum absolute atomic E-state index is 12.1. The number of H-pyrrole nitrogens is 1. The van der Waals surface area contributed by atoms with Gasteiger partial charge in [0, 0.05) is 10.0 Å². The first-order valence-corrected chi connectivity index (χ1v) is 8.86. The standard InChI is InChI=1S/C12H8Cl4N2O3S/c13-7-1-6(2-8(14)3-7)5-22(20,21)18-10-4-9(15)11(16)17-12(10)19/h1-4,18H,5H2,(H,17,19). The molecule has 2 rings (SSSR count). The summed E-state index contributed by atoms with van der Waals surface area (Å²) in [6.45, 7) is 0. The molecule has 118 valence electrons. The van der Waals surface area contributed by atoms with Gasteiger partial charge in [0.25, 0.3) is 5.56 Å². The van der Waals surface area contributed by atoms with Crippen molar-refractivity contribution in [1.82, 2.24) is 4.98 Å². The van der Waals surface area contributed by atoms with E-state index in [4.69, 9.17) is 46.4 Å². The number of sulfonamides is 1. The zero-order valence-electron chi connectivity index (χ0n) is 10.7. The van der Waals surface area contributed by atoms with E-state index in [2.05, 4.69) is 9.71 Å². The highest BCUT2D eigenvalue weighted by molar-refractivity contribution is 7.91. The molecular formula is C12H8Cl4N2O3S. The van der Waals surface area contributed by atoms with Gasteiger partial charge in [-0.25, -0.2) is 8.42 Å². The number of aromatic amines is 1. The normalized spacial score (nSPS) is 11.5. The van der Waals surface area contributed by atoms with Crippen LogP contribution in [0.15, 0.2) is 29.1 Å². The molecule has 1 aromatic carbocycles. The van der Waals surface area contributed by atoms with Crippen LogP contribution >= 0.6 is 46.4 Å². The molecule has 0 unspecified atom stereocenters. The Morgan fingerprint density at radius 2 is 1.59 bits per heavy atom. The summed E-state index contributed by atoms with van der Waals surface area (Å²) < 4.78 is 26.4. The highest BCUT2D eigenvalue weighted by atomic mass is 35.5. The smallest absolute Gasteiger partial charge is 0.273 e. The number of hydrogen-bond acceptors (Lipinski definition) is 3. The second-order valence-corrected chi connectivity index (χ2v) is 7.69. The van der Waals surface area contributed by atoms with Gasteiger partial charge in [-0.2, -0.15) is 0 Å². The van der Waals surface area contributed by atoms with Crippen LogP contribution in [0.1, 0.15) is 5.56 Å². The first-order chi connectivity index (χ1) is 10.2. The summed E-state index contributed by atoms with van der Waals surface area (Å²) in [5.74, 6) is -0.410.